The first-order valence-corrected chi connectivity index (χ1v) is 19.0. The second-order valence-corrected chi connectivity index (χ2v) is 19.1. The molecule has 0 aromatic heterocycles. The van der Waals surface area contributed by atoms with Crippen LogP contribution in [0, 0.1) is 13.8 Å². The van der Waals surface area contributed by atoms with Crippen molar-refractivity contribution in [1.29, 1.82) is 0 Å². The standard InChI is InChI=1S/C30H36Br4O2Si/c1-8-35-28-24(31)15-21(16-25(28)32)30(4,5)22-17-26(33)29(27(34)18-22)36-10-9-11-37(6,7)23-13-19(2)12-20(3)14-23/h12-18H,8-11H2,1-7H3. The number of benzene rings is 3. The lowest BCUT2D eigenvalue weighted by molar-refractivity contribution is 0.312. The molecule has 37 heavy (non-hydrogen) atoms. The van der Waals surface area contributed by atoms with Crippen molar-refractivity contribution >= 4 is 77.0 Å². The molecule has 0 unspecified atom stereocenters. The predicted molar refractivity (Wildman–Crippen MR) is 175 cm³/mol. The van der Waals surface area contributed by atoms with Crippen molar-refractivity contribution < 1.29 is 9.47 Å². The van der Waals surface area contributed by atoms with Gasteiger partial charge in [-0.1, -0.05) is 67.5 Å². The maximum absolute atomic E-state index is 6.30. The van der Waals surface area contributed by atoms with Gasteiger partial charge in [0.1, 0.15) is 11.5 Å². The molecule has 0 N–H and O–H groups in total. The topological polar surface area (TPSA) is 18.5 Å². The van der Waals surface area contributed by atoms with Crippen LogP contribution in [0.4, 0.5) is 0 Å². The highest BCUT2D eigenvalue weighted by Gasteiger charge is 2.28. The van der Waals surface area contributed by atoms with E-state index in [0.29, 0.717) is 13.2 Å². The van der Waals surface area contributed by atoms with Crippen molar-refractivity contribution in [2.45, 2.75) is 65.6 Å². The van der Waals surface area contributed by atoms with E-state index < -0.39 is 8.07 Å². The highest BCUT2D eigenvalue weighted by atomic mass is 79.9. The van der Waals surface area contributed by atoms with Crippen LogP contribution in [-0.2, 0) is 5.41 Å². The Bertz CT molecular complexity index is 1200. The molecule has 7 heteroatoms. The first kappa shape index (κ1) is 30.9. The third-order valence-electron chi connectivity index (χ3n) is 6.92. The SMILES string of the molecule is CCOc1c(Br)cc(C(C)(C)c2cc(Br)c(OCCC[Si](C)(C)c3cc(C)cc(C)c3)c(Br)c2)cc1Br. The molecule has 0 amide bonds. The van der Waals surface area contributed by atoms with Gasteiger partial charge in [0, 0.05) is 5.41 Å². The van der Waals surface area contributed by atoms with Gasteiger partial charge in [-0.05, 0) is 126 Å². The summed E-state index contributed by atoms with van der Waals surface area (Å²) in [5, 5.41) is 1.53. The summed E-state index contributed by atoms with van der Waals surface area (Å²) < 4.78 is 15.9. The van der Waals surface area contributed by atoms with Crippen LogP contribution in [0.5, 0.6) is 11.5 Å². The zero-order valence-corrected chi connectivity index (χ0v) is 30.0. The lowest BCUT2D eigenvalue weighted by Gasteiger charge is -2.28. The molecule has 3 rings (SSSR count). The molecule has 0 saturated heterocycles. The van der Waals surface area contributed by atoms with Crippen molar-refractivity contribution in [3.63, 3.8) is 0 Å². The van der Waals surface area contributed by atoms with Crippen LogP contribution in [-0.4, -0.2) is 21.3 Å². The molecule has 0 radical (unpaired) electrons. The maximum Gasteiger partial charge on any atom is 0.147 e. The van der Waals surface area contributed by atoms with E-state index in [4.69, 9.17) is 9.47 Å². The van der Waals surface area contributed by atoms with E-state index in [9.17, 15) is 0 Å². The Balaban J connectivity index is 1.73. The van der Waals surface area contributed by atoms with Crippen LogP contribution in [0.1, 0.15) is 49.4 Å². The summed E-state index contributed by atoms with van der Waals surface area (Å²) in [6.45, 7) is 17.1. The van der Waals surface area contributed by atoms with Gasteiger partial charge < -0.3 is 9.47 Å². The van der Waals surface area contributed by atoms with E-state index in [-0.39, 0.29) is 5.41 Å². The van der Waals surface area contributed by atoms with Crippen LogP contribution in [0.3, 0.4) is 0 Å². The zero-order chi connectivity index (χ0) is 27.5. The lowest BCUT2D eigenvalue weighted by atomic mass is 9.78. The van der Waals surface area contributed by atoms with Gasteiger partial charge in [-0.3, -0.25) is 0 Å². The lowest BCUT2D eigenvalue weighted by Crippen LogP contribution is -2.41. The van der Waals surface area contributed by atoms with E-state index in [1.165, 1.54) is 33.5 Å². The Morgan fingerprint density at radius 1 is 0.703 bits per heavy atom. The van der Waals surface area contributed by atoms with Crippen molar-refractivity contribution in [2.24, 2.45) is 0 Å². The van der Waals surface area contributed by atoms with Gasteiger partial charge in [-0.2, -0.15) is 0 Å². The molecule has 200 valence electrons. The molecule has 0 atom stereocenters. The van der Waals surface area contributed by atoms with E-state index >= 15 is 0 Å². The highest BCUT2D eigenvalue weighted by Crippen LogP contribution is 2.44. The number of ether oxygens (including phenoxy) is 2. The van der Waals surface area contributed by atoms with E-state index in [1.54, 1.807) is 0 Å². The third kappa shape index (κ3) is 7.53. The molecule has 0 bridgehead atoms. The van der Waals surface area contributed by atoms with Crippen molar-refractivity contribution in [2.75, 3.05) is 13.2 Å². The predicted octanol–water partition coefficient (Wildman–Crippen LogP) is 10.5. The third-order valence-corrected chi connectivity index (χ3v) is 12.7. The molecule has 0 heterocycles. The molecule has 0 saturated carbocycles. The largest absolute Gasteiger partial charge is 0.492 e. The number of rotatable bonds is 10. The Labute approximate surface area is 257 Å². The van der Waals surface area contributed by atoms with Gasteiger partial charge in [0.05, 0.1) is 39.2 Å². The normalized spacial score (nSPS) is 12.1. The second kappa shape index (κ2) is 12.7. The first-order chi connectivity index (χ1) is 17.3. The average Bonchev–Trinajstić information content (AvgIpc) is 2.79. The Kier molecular flexibility index (Phi) is 10.6. The summed E-state index contributed by atoms with van der Waals surface area (Å²) in [5.74, 6) is 1.69. The van der Waals surface area contributed by atoms with Crippen LogP contribution in [0.15, 0.2) is 60.4 Å². The minimum atomic E-state index is -1.52. The molecule has 0 aliphatic heterocycles. The fourth-order valence-electron chi connectivity index (χ4n) is 4.63. The number of hydrogen-bond acceptors (Lipinski definition) is 2. The number of hydrogen-bond donors (Lipinski definition) is 0. The van der Waals surface area contributed by atoms with Gasteiger partial charge in [0.15, 0.2) is 0 Å². The molecule has 3 aromatic rings. The summed E-state index contributed by atoms with van der Waals surface area (Å²) in [5.41, 5.74) is 4.84. The van der Waals surface area contributed by atoms with Crippen LogP contribution in [0.2, 0.25) is 19.1 Å². The van der Waals surface area contributed by atoms with Gasteiger partial charge >= 0.3 is 0 Å². The Hall–Kier alpha value is -0.603. The maximum atomic E-state index is 6.30. The quantitative estimate of drug-likeness (QED) is 0.151. The Morgan fingerprint density at radius 2 is 1.14 bits per heavy atom. The summed E-state index contributed by atoms with van der Waals surface area (Å²) in [4.78, 5) is 0. The molecular formula is C30H36Br4O2Si. The van der Waals surface area contributed by atoms with Gasteiger partial charge in [-0.15, -0.1) is 0 Å². The molecule has 0 aliphatic carbocycles. The van der Waals surface area contributed by atoms with Crippen LogP contribution < -0.4 is 14.7 Å². The Morgan fingerprint density at radius 3 is 1.57 bits per heavy atom. The molecule has 0 spiro atoms. The summed E-state index contributed by atoms with van der Waals surface area (Å²) >= 11 is 14.9. The highest BCUT2D eigenvalue weighted by molar-refractivity contribution is 9.11. The number of halogens is 4. The van der Waals surface area contributed by atoms with E-state index in [0.717, 1.165) is 35.8 Å². The van der Waals surface area contributed by atoms with E-state index in [2.05, 4.69) is 147 Å². The molecule has 2 nitrogen and oxygen atoms in total. The zero-order valence-electron chi connectivity index (χ0n) is 22.7. The molecule has 0 fully saturated rings. The minimum absolute atomic E-state index is 0.235. The molecule has 3 aromatic carbocycles. The van der Waals surface area contributed by atoms with Gasteiger partial charge in [0.25, 0.3) is 0 Å². The van der Waals surface area contributed by atoms with E-state index in [1.807, 2.05) is 6.92 Å². The van der Waals surface area contributed by atoms with Crippen molar-refractivity contribution in [3.8, 4) is 11.5 Å². The summed E-state index contributed by atoms with van der Waals surface area (Å²) in [6, 6.07) is 16.8. The van der Waals surface area contributed by atoms with Gasteiger partial charge in [-0.25, -0.2) is 0 Å². The smallest absolute Gasteiger partial charge is 0.147 e. The number of aryl methyl sites for hydroxylation is 2. The van der Waals surface area contributed by atoms with Crippen LogP contribution >= 0.6 is 63.7 Å². The average molecular weight is 776 g/mol. The minimum Gasteiger partial charge on any atom is -0.492 e. The fourth-order valence-corrected chi connectivity index (χ4v) is 10.0. The summed E-state index contributed by atoms with van der Waals surface area (Å²) in [7, 11) is -1.52. The van der Waals surface area contributed by atoms with Crippen molar-refractivity contribution in [1.82, 2.24) is 0 Å². The molecular weight excluding hydrogens is 740 g/mol. The first-order valence-electron chi connectivity index (χ1n) is 12.6. The second-order valence-electron chi connectivity index (χ2n) is 10.8. The summed E-state index contributed by atoms with van der Waals surface area (Å²) in [6.07, 6.45) is 1.03. The monoisotopic (exact) mass is 772 g/mol. The fraction of sp³-hybridized carbons (Fsp3) is 0.400. The van der Waals surface area contributed by atoms with Crippen LogP contribution in [0.25, 0.3) is 0 Å². The van der Waals surface area contributed by atoms with Crippen molar-refractivity contribution in [3.05, 3.63) is 82.6 Å². The molecule has 0 aliphatic rings. The van der Waals surface area contributed by atoms with Gasteiger partial charge in [0.2, 0.25) is 0 Å².